The highest BCUT2D eigenvalue weighted by molar-refractivity contribution is 8.00. The molecule has 2 aromatic rings. The third-order valence-electron chi connectivity index (χ3n) is 11.5. The van der Waals surface area contributed by atoms with Gasteiger partial charge < -0.3 is 14.6 Å². The van der Waals surface area contributed by atoms with Gasteiger partial charge in [0.25, 0.3) is 0 Å². The van der Waals surface area contributed by atoms with Gasteiger partial charge in [0, 0.05) is 23.2 Å². The molecule has 0 aromatic heterocycles. The molecule has 6 nitrogen and oxygen atoms in total. The first-order chi connectivity index (χ1) is 21.0. The van der Waals surface area contributed by atoms with E-state index in [0.29, 0.717) is 12.8 Å². The number of Topliss-reactive ketones (excluding diaryl/α,β-unsaturated/α-hetero) is 1. The average Bonchev–Trinajstić information content (AvgIpc) is 3.39. The fourth-order valence-electron chi connectivity index (χ4n) is 8.67. The summed E-state index contributed by atoms with van der Waals surface area (Å²) in [7, 11) is 0. The minimum Gasteiger partial charge on any atom is -0.459 e. The molecule has 2 bridgehead atoms. The molecule has 0 amide bonds. The van der Waals surface area contributed by atoms with Crippen molar-refractivity contribution in [2.24, 2.45) is 34.0 Å². The van der Waals surface area contributed by atoms with Crippen LogP contribution in [0.5, 0.6) is 0 Å². The van der Waals surface area contributed by atoms with Crippen LogP contribution in [0.2, 0.25) is 0 Å². The van der Waals surface area contributed by atoms with E-state index in [1.165, 1.54) is 11.8 Å². The second kappa shape index (κ2) is 12.8. The molecule has 0 saturated heterocycles. The van der Waals surface area contributed by atoms with Crippen molar-refractivity contribution in [2.75, 3.05) is 12.4 Å². The first kappa shape index (κ1) is 32.5. The van der Waals surface area contributed by atoms with Crippen LogP contribution in [0.25, 0.3) is 0 Å². The monoisotopic (exact) mass is 618 g/mol. The predicted octanol–water partition coefficient (Wildman–Crippen LogP) is 6.96. The maximum absolute atomic E-state index is 13.6. The maximum atomic E-state index is 13.6. The van der Waals surface area contributed by atoms with Gasteiger partial charge in [0.1, 0.15) is 11.9 Å². The Hall–Kier alpha value is -2.90. The van der Waals surface area contributed by atoms with E-state index in [2.05, 4.69) is 27.4 Å². The lowest BCUT2D eigenvalue weighted by molar-refractivity contribution is -0.208. The van der Waals surface area contributed by atoms with Crippen LogP contribution in [0.3, 0.4) is 0 Å². The van der Waals surface area contributed by atoms with E-state index in [-0.39, 0.29) is 40.0 Å². The highest BCUT2D eigenvalue weighted by Gasteiger charge is 2.68. The molecule has 0 spiro atoms. The highest BCUT2D eigenvalue weighted by Crippen LogP contribution is 2.68. The summed E-state index contributed by atoms with van der Waals surface area (Å²) < 4.78 is 11.6. The topological polar surface area (TPSA) is 89.9 Å². The van der Waals surface area contributed by atoms with Gasteiger partial charge in [-0.05, 0) is 54.1 Å². The first-order valence-corrected chi connectivity index (χ1v) is 16.9. The van der Waals surface area contributed by atoms with Crippen LogP contribution in [0, 0.1) is 34.0 Å². The molecule has 7 heteroatoms. The van der Waals surface area contributed by atoms with E-state index in [4.69, 9.17) is 9.47 Å². The van der Waals surface area contributed by atoms with Gasteiger partial charge in [0.15, 0.2) is 6.61 Å². The van der Waals surface area contributed by atoms with E-state index in [1.54, 1.807) is 6.08 Å². The largest absolute Gasteiger partial charge is 0.459 e. The Morgan fingerprint density at radius 2 is 1.64 bits per heavy atom. The van der Waals surface area contributed by atoms with E-state index < -0.39 is 41.6 Å². The Balaban J connectivity index is 1.30. The predicted molar refractivity (Wildman–Crippen MR) is 173 cm³/mol. The van der Waals surface area contributed by atoms with E-state index in [1.807, 2.05) is 67.6 Å². The number of aliphatic hydroxyl groups is 1. The van der Waals surface area contributed by atoms with Gasteiger partial charge in [0.05, 0.1) is 17.1 Å². The molecule has 3 fully saturated rings. The molecule has 236 valence electrons. The van der Waals surface area contributed by atoms with Gasteiger partial charge in [-0.25, -0.2) is 4.79 Å². The molecule has 0 heterocycles. The zero-order valence-corrected chi connectivity index (χ0v) is 27.2. The number of thioether (sulfide) groups is 1. The van der Waals surface area contributed by atoms with Crippen molar-refractivity contribution in [1.29, 1.82) is 0 Å². The zero-order chi connectivity index (χ0) is 31.7. The summed E-state index contributed by atoms with van der Waals surface area (Å²) in [6.45, 7) is 11.9. The van der Waals surface area contributed by atoms with Crippen molar-refractivity contribution in [3.8, 4) is 0 Å². The Morgan fingerprint density at radius 1 is 1.02 bits per heavy atom. The standard InChI is InChI=1S/C37H46O6S/c1-6-35(4)21-29(36(5)24(2)17-19-37(25(3)34(35)41)20-18-28(38)33(36)37)43-30(39)22-42-31(40)23-44-32(26-13-9-7-10-14-26)27-15-11-8-12-16-27/h6-16,24-25,29,32-34,41H,1,17-23H2,2-5H3/t24-,25+,29-,33+,34+,35-,36+,37+/m1/s1. The van der Waals surface area contributed by atoms with Crippen molar-refractivity contribution in [3.63, 3.8) is 0 Å². The normalized spacial score (nSPS) is 34.9. The van der Waals surface area contributed by atoms with Gasteiger partial charge in [-0.1, -0.05) is 94.4 Å². The molecule has 0 radical (unpaired) electrons. The maximum Gasteiger partial charge on any atom is 0.344 e. The highest BCUT2D eigenvalue weighted by atomic mass is 32.2. The Bertz CT molecular complexity index is 1320. The molecule has 3 saturated carbocycles. The number of ether oxygens (including phenoxy) is 2. The number of rotatable bonds is 9. The van der Waals surface area contributed by atoms with Crippen LogP contribution >= 0.6 is 11.8 Å². The molecule has 2 aromatic carbocycles. The minimum atomic E-state index is -0.732. The Kier molecular flexibility index (Phi) is 9.48. The summed E-state index contributed by atoms with van der Waals surface area (Å²) in [5.41, 5.74) is 0.483. The zero-order valence-electron chi connectivity index (χ0n) is 26.4. The molecule has 5 rings (SSSR count). The third kappa shape index (κ3) is 5.78. The third-order valence-corrected chi connectivity index (χ3v) is 12.8. The van der Waals surface area contributed by atoms with Gasteiger partial charge in [-0.3, -0.25) is 9.59 Å². The van der Waals surface area contributed by atoms with Crippen molar-refractivity contribution >= 4 is 29.5 Å². The number of hydrogen-bond donors (Lipinski definition) is 1. The van der Waals surface area contributed by atoms with Gasteiger partial charge in [-0.15, -0.1) is 18.3 Å². The quantitative estimate of drug-likeness (QED) is 0.240. The molecule has 0 aliphatic heterocycles. The van der Waals surface area contributed by atoms with Crippen molar-refractivity contribution < 1.29 is 29.0 Å². The molecule has 3 aliphatic rings. The summed E-state index contributed by atoms with van der Waals surface area (Å²) in [6.07, 6.45) is 3.74. The number of hydrogen-bond acceptors (Lipinski definition) is 7. The van der Waals surface area contributed by atoms with Crippen LogP contribution in [0.15, 0.2) is 73.3 Å². The molecule has 44 heavy (non-hydrogen) atoms. The van der Waals surface area contributed by atoms with Crippen LogP contribution in [0.1, 0.15) is 76.2 Å². The SMILES string of the molecule is C=C[C@]1(C)C[C@@H](OC(=O)COC(=O)CSC(c2ccccc2)c2ccccc2)[C@]2(C)[C@H](C)CC[C@]3(CCC(=O)[C@H]32)[C@@H](C)[C@@H]1O. The van der Waals surface area contributed by atoms with Crippen LogP contribution in [-0.4, -0.2) is 47.4 Å². The lowest BCUT2D eigenvalue weighted by Gasteiger charge is -2.61. The summed E-state index contributed by atoms with van der Waals surface area (Å²) in [4.78, 5) is 39.8. The average molecular weight is 619 g/mol. The second-order valence-corrected chi connectivity index (χ2v) is 14.8. The smallest absolute Gasteiger partial charge is 0.344 e. The fraction of sp³-hybridized carbons (Fsp3) is 0.541. The molecule has 3 aliphatic carbocycles. The second-order valence-electron chi connectivity index (χ2n) is 13.7. The molecular weight excluding hydrogens is 572 g/mol. The molecule has 1 N–H and O–H groups in total. The van der Waals surface area contributed by atoms with Crippen molar-refractivity contribution in [1.82, 2.24) is 0 Å². The van der Waals surface area contributed by atoms with Crippen LogP contribution < -0.4 is 0 Å². The van der Waals surface area contributed by atoms with E-state index in [0.717, 1.165) is 30.4 Å². The van der Waals surface area contributed by atoms with E-state index in [9.17, 15) is 19.5 Å². The lowest BCUT2D eigenvalue weighted by atomic mass is 9.44. The summed E-state index contributed by atoms with van der Waals surface area (Å²) in [5.74, 6) is -1.14. The minimum absolute atomic E-state index is 0.0609. The Morgan fingerprint density at radius 3 is 2.23 bits per heavy atom. The van der Waals surface area contributed by atoms with Gasteiger partial charge in [0.2, 0.25) is 0 Å². The van der Waals surface area contributed by atoms with Crippen LogP contribution in [-0.2, 0) is 23.9 Å². The number of ketones is 1. The Labute approximate surface area is 266 Å². The number of esters is 2. The first-order valence-electron chi connectivity index (χ1n) is 15.9. The summed E-state index contributed by atoms with van der Waals surface area (Å²) in [5, 5.41) is 11.6. The van der Waals surface area contributed by atoms with E-state index >= 15 is 0 Å². The van der Waals surface area contributed by atoms with Gasteiger partial charge in [-0.2, -0.15) is 0 Å². The summed E-state index contributed by atoms with van der Waals surface area (Å²) >= 11 is 1.45. The van der Waals surface area contributed by atoms with Crippen molar-refractivity contribution in [2.45, 2.75) is 77.3 Å². The number of carbonyl (C=O) groups excluding carboxylic acids is 3. The molecule has 0 unspecified atom stereocenters. The van der Waals surface area contributed by atoms with Gasteiger partial charge >= 0.3 is 11.9 Å². The summed E-state index contributed by atoms with van der Waals surface area (Å²) in [6, 6.07) is 20.0. The molecule has 8 atom stereocenters. The number of aliphatic hydroxyl groups excluding tert-OH is 1. The van der Waals surface area contributed by atoms with Crippen LogP contribution in [0.4, 0.5) is 0 Å². The van der Waals surface area contributed by atoms with Crippen molar-refractivity contribution in [3.05, 3.63) is 84.4 Å². The lowest BCUT2D eigenvalue weighted by Crippen LogP contribution is -2.63. The fourth-order valence-corrected chi connectivity index (χ4v) is 9.75. The number of benzene rings is 2. The molecular formula is C37H46O6S. The number of carbonyl (C=O) groups is 3.